The summed E-state index contributed by atoms with van der Waals surface area (Å²) in [6.45, 7) is 10.1. The molecule has 0 aliphatic carbocycles. The minimum atomic E-state index is -0.814. The molecule has 0 aromatic rings. The Kier molecular flexibility index (Phi) is 4.74. The fourth-order valence-electron chi connectivity index (χ4n) is 1.51. The maximum atomic E-state index is 10.6. The van der Waals surface area contributed by atoms with Crippen molar-refractivity contribution in [3.63, 3.8) is 0 Å². The lowest BCUT2D eigenvalue weighted by Gasteiger charge is -2.21. The fraction of sp³-hybridized carbons (Fsp3) is 0.727. The number of aliphatic carboxylic acids is 1. The van der Waals surface area contributed by atoms with E-state index < -0.39 is 5.97 Å². The lowest BCUT2D eigenvalue weighted by Crippen LogP contribution is -2.14. The van der Waals surface area contributed by atoms with Gasteiger partial charge >= 0.3 is 5.97 Å². The van der Waals surface area contributed by atoms with Crippen LogP contribution in [0.4, 0.5) is 0 Å². The van der Waals surface area contributed by atoms with E-state index in [1.54, 1.807) is 6.92 Å². The Balaban J connectivity index is 4.59. The molecule has 1 N–H and O–H groups in total. The summed E-state index contributed by atoms with van der Waals surface area (Å²) in [6.07, 6.45) is 1.87. The summed E-state index contributed by atoms with van der Waals surface area (Å²) in [5, 5.41) is 8.73. The van der Waals surface area contributed by atoms with Gasteiger partial charge in [0.15, 0.2) is 0 Å². The van der Waals surface area contributed by atoms with Crippen LogP contribution in [0.3, 0.4) is 0 Å². The van der Waals surface area contributed by atoms with E-state index >= 15 is 0 Å². The quantitative estimate of drug-likeness (QED) is 0.682. The molecule has 2 nitrogen and oxygen atoms in total. The zero-order valence-electron chi connectivity index (χ0n) is 9.16. The third-order valence-electron chi connectivity index (χ3n) is 2.32. The zero-order chi connectivity index (χ0) is 10.6. The summed E-state index contributed by atoms with van der Waals surface area (Å²) in [6, 6.07) is 0. The largest absolute Gasteiger partial charge is 0.478 e. The van der Waals surface area contributed by atoms with Crippen LogP contribution in [0.25, 0.3) is 0 Å². The van der Waals surface area contributed by atoms with Crippen LogP contribution >= 0.6 is 0 Å². The Morgan fingerprint density at radius 2 is 1.54 bits per heavy atom. The molecule has 0 aromatic heterocycles. The van der Waals surface area contributed by atoms with E-state index in [-0.39, 0.29) is 0 Å². The Labute approximate surface area is 80.7 Å². The summed E-state index contributed by atoms with van der Waals surface area (Å²) < 4.78 is 0. The first-order valence-corrected chi connectivity index (χ1v) is 4.78. The summed E-state index contributed by atoms with van der Waals surface area (Å²) in [7, 11) is 0. The van der Waals surface area contributed by atoms with Gasteiger partial charge < -0.3 is 5.11 Å². The van der Waals surface area contributed by atoms with Crippen molar-refractivity contribution in [1.82, 2.24) is 0 Å². The lowest BCUT2D eigenvalue weighted by atomic mass is 9.84. The molecule has 0 aromatic carbocycles. The molecule has 76 valence electrons. The van der Waals surface area contributed by atoms with Gasteiger partial charge in [-0.25, -0.2) is 4.79 Å². The van der Waals surface area contributed by atoms with Crippen molar-refractivity contribution in [3.8, 4) is 0 Å². The van der Waals surface area contributed by atoms with E-state index in [1.165, 1.54) is 0 Å². The maximum Gasteiger partial charge on any atom is 0.330 e. The molecule has 0 rings (SSSR count). The van der Waals surface area contributed by atoms with Gasteiger partial charge in [0.2, 0.25) is 0 Å². The zero-order valence-corrected chi connectivity index (χ0v) is 9.16. The van der Waals surface area contributed by atoms with Crippen molar-refractivity contribution >= 4 is 5.97 Å². The Morgan fingerprint density at radius 1 is 1.15 bits per heavy atom. The molecule has 0 radical (unpaired) electrons. The second-order valence-electron chi connectivity index (χ2n) is 4.22. The molecule has 0 fully saturated rings. The molecule has 13 heavy (non-hydrogen) atoms. The summed E-state index contributed by atoms with van der Waals surface area (Å²) in [5.41, 5.74) is 0.451. The fourth-order valence-corrected chi connectivity index (χ4v) is 1.51. The molecule has 0 amide bonds. The third-order valence-corrected chi connectivity index (χ3v) is 2.32. The van der Waals surface area contributed by atoms with Crippen molar-refractivity contribution in [1.29, 1.82) is 0 Å². The van der Waals surface area contributed by atoms with E-state index in [1.807, 2.05) is 6.08 Å². The van der Waals surface area contributed by atoms with Crippen LogP contribution in [0.1, 0.15) is 34.6 Å². The van der Waals surface area contributed by atoms with Crippen LogP contribution in [0.2, 0.25) is 0 Å². The first-order chi connectivity index (χ1) is 5.86. The van der Waals surface area contributed by atoms with Gasteiger partial charge in [-0.15, -0.1) is 0 Å². The van der Waals surface area contributed by atoms with Crippen molar-refractivity contribution in [2.75, 3.05) is 0 Å². The molecule has 0 heterocycles. The number of carboxylic acid groups (broad SMARTS) is 1. The number of carboxylic acids is 1. The molecule has 0 atom stereocenters. The topological polar surface area (TPSA) is 37.3 Å². The average molecular weight is 184 g/mol. The molecule has 0 unspecified atom stereocenters. The summed E-state index contributed by atoms with van der Waals surface area (Å²) >= 11 is 0. The molecule has 0 spiro atoms. The first-order valence-electron chi connectivity index (χ1n) is 4.78. The highest BCUT2D eigenvalue weighted by molar-refractivity contribution is 5.85. The van der Waals surface area contributed by atoms with Crippen molar-refractivity contribution in [3.05, 3.63) is 11.6 Å². The van der Waals surface area contributed by atoms with Crippen LogP contribution in [0, 0.1) is 17.8 Å². The van der Waals surface area contributed by atoms with Gasteiger partial charge in [0.05, 0.1) is 0 Å². The van der Waals surface area contributed by atoms with E-state index in [0.29, 0.717) is 23.3 Å². The van der Waals surface area contributed by atoms with Gasteiger partial charge in [0.1, 0.15) is 0 Å². The van der Waals surface area contributed by atoms with Crippen LogP contribution < -0.4 is 0 Å². The smallest absolute Gasteiger partial charge is 0.330 e. The Hall–Kier alpha value is -0.790. The van der Waals surface area contributed by atoms with Crippen LogP contribution in [0.15, 0.2) is 11.6 Å². The Bertz CT molecular complexity index is 194. The van der Waals surface area contributed by atoms with E-state index in [2.05, 4.69) is 27.7 Å². The van der Waals surface area contributed by atoms with Gasteiger partial charge in [-0.2, -0.15) is 0 Å². The van der Waals surface area contributed by atoms with Crippen molar-refractivity contribution < 1.29 is 9.90 Å². The Morgan fingerprint density at radius 3 is 1.77 bits per heavy atom. The normalized spacial score (nSPS) is 13.1. The molecular weight excluding hydrogens is 164 g/mol. The minimum Gasteiger partial charge on any atom is -0.478 e. The predicted molar refractivity (Wildman–Crippen MR) is 54.6 cm³/mol. The molecule has 0 aliphatic rings. The second kappa shape index (κ2) is 5.05. The SMILES string of the molecule is C/C(=C\C(C(C)C)C(C)C)C(=O)O. The van der Waals surface area contributed by atoms with Crippen molar-refractivity contribution in [2.45, 2.75) is 34.6 Å². The molecule has 0 aliphatic heterocycles. The standard InChI is InChI=1S/C11H20O2/c1-7(2)10(8(3)4)6-9(5)11(12)13/h6-8,10H,1-5H3,(H,12,13)/b9-6+. The highest BCUT2D eigenvalue weighted by atomic mass is 16.4. The van der Waals surface area contributed by atoms with Gasteiger partial charge in [0, 0.05) is 5.57 Å². The minimum absolute atomic E-state index is 0.357. The lowest BCUT2D eigenvalue weighted by molar-refractivity contribution is -0.132. The molecule has 0 saturated carbocycles. The van der Waals surface area contributed by atoms with Crippen LogP contribution in [-0.2, 0) is 4.79 Å². The van der Waals surface area contributed by atoms with Crippen LogP contribution in [-0.4, -0.2) is 11.1 Å². The molecular formula is C11H20O2. The monoisotopic (exact) mass is 184 g/mol. The number of allylic oxidation sites excluding steroid dienone is 1. The van der Waals surface area contributed by atoms with Gasteiger partial charge in [-0.3, -0.25) is 0 Å². The molecule has 0 saturated heterocycles. The van der Waals surface area contributed by atoms with E-state index in [9.17, 15) is 4.79 Å². The summed E-state index contributed by atoms with van der Waals surface area (Å²) in [4.78, 5) is 10.6. The van der Waals surface area contributed by atoms with Gasteiger partial charge in [-0.05, 0) is 24.7 Å². The van der Waals surface area contributed by atoms with Crippen molar-refractivity contribution in [2.24, 2.45) is 17.8 Å². The third kappa shape index (κ3) is 4.11. The van der Waals surface area contributed by atoms with Gasteiger partial charge in [0.25, 0.3) is 0 Å². The average Bonchev–Trinajstić information content (AvgIpc) is 1.97. The summed E-state index contributed by atoms with van der Waals surface area (Å²) in [5.74, 6) is 0.533. The molecule has 2 heteroatoms. The number of carbonyl (C=O) groups is 1. The number of hydrogen-bond donors (Lipinski definition) is 1. The second-order valence-corrected chi connectivity index (χ2v) is 4.22. The van der Waals surface area contributed by atoms with Crippen LogP contribution in [0.5, 0.6) is 0 Å². The first kappa shape index (κ1) is 12.2. The van der Waals surface area contributed by atoms with E-state index in [4.69, 9.17) is 5.11 Å². The van der Waals surface area contributed by atoms with E-state index in [0.717, 1.165) is 0 Å². The number of rotatable bonds is 4. The highest BCUT2D eigenvalue weighted by Gasteiger charge is 2.16. The number of hydrogen-bond acceptors (Lipinski definition) is 1. The highest BCUT2D eigenvalue weighted by Crippen LogP contribution is 2.23. The molecule has 0 bridgehead atoms. The maximum absolute atomic E-state index is 10.6. The van der Waals surface area contributed by atoms with Gasteiger partial charge in [-0.1, -0.05) is 33.8 Å². The predicted octanol–water partition coefficient (Wildman–Crippen LogP) is 2.95.